The van der Waals surface area contributed by atoms with Crippen LogP contribution in [0.4, 0.5) is 0 Å². The molecule has 0 spiro atoms. The summed E-state index contributed by atoms with van der Waals surface area (Å²) in [5, 5.41) is 0. The van der Waals surface area contributed by atoms with E-state index in [0.29, 0.717) is 0 Å². The summed E-state index contributed by atoms with van der Waals surface area (Å²) in [6, 6.07) is 0. The molecule has 0 rings (SSSR count). The van der Waals surface area contributed by atoms with Crippen molar-refractivity contribution in [2.24, 2.45) is 0 Å². The van der Waals surface area contributed by atoms with Crippen molar-refractivity contribution >= 4 is 24.8 Å². The van der Waals surface area contributed by atoms with Crippen LogP contribution < -0.4 is 6.15 Å². The Kier molecular flexibility index (Phi) is 386. The van der Waals surface area contributed by atoms with E-state index in [0.717, 1.165) is 0 Å². The predicted molar refractivity (Wildman–Crippen MR) is 51.3 cm³/mol. The van der Waals surface area contributed by atoms with Crippen molar-refractivity contribution in [3.8, 4) is 0 Å². The van der Waals surface area contributed by atoms with E-state index in [4.69, 9.17) is 0 Å². The van der Waals surface area contributed by atoms with Gasteiger partial charge in [-0.3, -0.25) is 0 Å². The zero-order valence-electron chi connectivity index (χ0n) is 6.09. The number of hydrogen-bond acceptors (Lipinski definition) is 1. The summed E-state index contributed by atoms with van der Waals surface area (Å²) in [6.07, 6.45) is 3.50. The summed E-state index contributed by atoms with van der Waals surface area (Å²) in [5.74, 6) is 0. The molecule has 0 aliphatic carbocycles. The van der Waals surface area contributed by atoms with Crippen molar-refractivity contribution in [1.29, 1.82) is 0 Å². The van der Waals surface area contributed by atoms with Gasteiger partial charge in [0, 0.05) is 0 Å². The molecule has 0 heterocycles. The van der Waals surface area contributed by atoms with Crippen LogP contribution in [0.1, 0.15) is 13.8 Å². The lowest BCUT2D eigenvalue weighted by atomic mass is 10.8. The van der Waals surface area contributed by atoms with E-state index in [2.05, 4.69) is 13.2 Å². The first-order valence-electron chi connectivity index (χ1n) is 1.97. The SMILES string of the molecule is C=CC.C=CC.Cl.Cl.N. The average molecular weight is 174 g/mol. The van der Waals surface area contributed by atoms with Gasteiger partial charge in [-0.25, -0.2) is 0 Å². The smallest absolute Gasteiger partial charge is 0.0473 e. The lowest BCUT2D eigenvalue weighted by Crippen LogP contribution is -1.07. The van der Waals surface area contributed by atoms with Gasteiger partial charge >= 0.3 is 0 Å². The Morgan fingerprint density at radius 1 is 0.889 bits per heavy atom. The van der Waals surface area contributed by atoms with E-state index in [9.17, 15) is 0 Å². The van der Waals surface area contributed by atoms with Gasteiger partial charge in [0.05, 0.1) is 0 Å². The fourth-order valence-electron chi connectivity index (χ4n) is 0. The van der Waals surface area contributed by atoms with Crippen LogP contribution in [0.2, 0.25) is 0 Å². The maximum atomic E-state index is 3.36. The van der Waals surface area contributed by atoms with Gasteiger partial charge in [0.1, 0.15) is 0 Å². The summed E-state index contributed by atoms with van der Waals surface area (Å²) in [7, 11) is 0. The van der Waals surface area contributed by atoms with Crippen molar-refractivity contribution in [3.63, 3.8) is 0 Å². The van der Waals surface area contributed by atoms with Crippen LogP contribution in [0.5, 0.6) is 0 Å². The minimum Gasteiger partial charge on any atom is -0.344 e. The third kappa shape index (κ3) is 727000. The standard InChI is InChI=1S/2C3H6.2ClH.H3N/c2*1-3-2;;;/h2*3H,1H2,2H3;2*1H;1H3. The summed E-state index contributed by atoms with van der Waals surface area (Å²) < 4.78 is 0. The Bertz CT molecular complexity index is 32.0. The zero-order valence-corrected chi connectivity index (χ0v) is 7.73. The molecule has 0 aromatic rings. The highest BCUT2D eigenvalue weighted by molar-refractivity contribution is 5.85. The van der Waals surface area contributed by atoms with Gasteiger partial charge in [-0.1, -0.05) is 12.2 Å². The van der Waals surface area contributed by atoms with Crippen LogP contribution in [-0.2, 0) is 0 Å². The van der Waals surface area contributed by atoms with E-state index < -0.39 is 0 Å². The summed E-state index contributed by atoms with van der Waals surface area (Å²) in [5.41, 5.74) is 0. The van der Waals surface area contributed by atoms with Crippen molar-refractivity contribution in [2.75, 3.05) is 0 Å². The third-order valence-electron chi connectivity index (χ3n) is 0. The van der Waals surface area contributed by atoms with Crippen LogP contribution in [0.25, 0.3) is 0 Å². The van der Waals surface area contributed by atoms with Gasteiger partial charge in [-0.2, -0.15) is 0 Å². The van der Waals surface area contributed by atoms with Gasteiger partial charge in [-0.15, -0.1) is 38.0 Å². The molecule has 0 bridgehead atoms. The fourth-order valence-corrected chi connectivity index (χ4v) is 0. The van der Waals surface area contributed by atoms with Crippen LogP contribution in [0.3, 0.4) is 0 Å². The molecule has 3 N–H and O–H groups in total. The lowest BCUT2D eigenvalue weighted by Gasteiger charge is -1.31. The predicted octanol–water partition coefficient (Wildman–Crippen LogP) is 3.39. The number of rotatable bonds is 0. The highest BCUT2D eigenvalue weighted by atomic mass is 35.5. The summed E-state index contributed by atoms with van der Waals surface area (Å²) in [6.45, 7) is 10.5. The minimum absolute atomic E-state index is 0. The van der Waals surface area contributed by atoms with E-state index in [1.54, 1.807) is 12.2 Å². The molecule has 0 aromatic carbocycles. The molecule has 0 radical (unpaired) electrons. The van der Waals surface area contributed by atoms with Crippen molar-refractivity contribution < 1.29 is 0 Å². The Balaban J connectivity index is -0.00000000889. The van der Waals surface area contributed by atoms with Crippen molar-refractivity contribution in [2.45, 2.75) is 13.8 Å². The van der Waals surface area contributed by atoms with Gasteiger partial charge in [0.25, 0.3) is 0 Å². The van der Waals surface area contributed by atoms with E-state index in [1.165, 1.54) is 0 Å². The topological polar surface area (TPSA) is 35.0 Å². The quantitative estimate of drug-likeness (QED) is 0.561. The molecule has 0 amide bonds. The molecule has 0 aliphatic rings. The highest BCUT2D eigenvalue weighted by Crippen LogP contribution is 1.38. The fraction of sp³-hybridized carbons (Fsp3) is 0.333. The Morgan fingerprint density at radius 2 is 0.889 bits per heavy atom. The molecule has 60 valence electrons. The first kappa shape index (κ1) is 35.9. The molecular weight excluding hydrogens is 157 g/mol. The molecule has 9 heavy (non-hydrogen) atoms. The van der Waals surface area contributed by atoms with Crippen molar-refractivity contribution in [3.05, 3.63) is 25.3 Å². The van der Waals surface area contributed by atoms with E-state index in [1.807, 2.05) is 13.8 Å². The first-order valence-corrected chi connectivity index (χ1v) is 1.97. The molecule has 0 aliphatic heterocycles. The monoisotopic (exact) mass is 173 g/mol. The second-order valence-corrected chi connectivity index (χ2v) is 0.816. The highest BCUT2D eigenvalue weighted by Gasteiger charge is 1.15. The zero-order chi connectivity index (χ0) is 5.41. The van der Waals surface area contributed by atoms with Crippen LogP contribution in [0.15, 0.2) is 25.3 Å². The Hall–Kier alpha value is 0.0200. The normalized spacial score (nSPS) is 2.89. The van der Waals surface area contributed by atoms with Crippen LogP contribution in [-0.4, -0.2) is 0 Å². The van der Waals surface area contributed by atoms with Gasteiger partial charge in [-0.05, 0) is 13.8 Å². The first-order chi connectivity index (χ1) is 2.83. The maximum Gasteiger partial charge on any atom is -0.0473 e. The maximum absolute atomic E-state index is 3.36. The third-order valence-corrected chi connectivity index (χ3v) is 0. The molecule has 1 nitrogen and oxygen atoms in total. The second-order valence-electron chi connectivity index (χ2n) is 0.816. The minimum atomic E-state index is 0. The molecule has 0 atom stereocenters. The van der Waals surface area contributed by atoms with Crippen molar-refractivity contribution in [1.82, 2.24) is 6.15 Å². The largest absolute Gasteiger partial charge is 0.344 e. The molecule has 0 saturated carbocycles. The van der Waals surface area contributed by atoms with Gasteiger partial charge in [0.15, 0.2) is 0 Å². The van der Waals surface area contributed by atoms with E-state index in [-0.39, 0.29) is 31.0 Å². The molecule has 0 saturated heterocycles. The summed E-state index contributed by atoms with van der Waals surface area (Å²) in [4.78, 5) is 0. The molecule has 0 unspecified atom stereocenters. The van der Waals surface area contributed by atoms with Crippen LogP contribution in [0, 0.1) is 0 Å². The second kappa shape index (κ2) is 96.9. The summed E-state index contributed by atoms with van der Waals surface area (Å²) >= 11 is 0. The molecule has 0 aromatic heterocycles. The number of hydrogen-bond donors (Lipinski definition) is 1. The average Bonchev–Trinajstić information content (AvgIpc) is 1.39. The Morgan fingerprint density at radius 3 is 0.889 bits per heavy atom. The van der Waals surface area contributed by atoms with E-state index >= 15 is 0 Å². The number of halogens is 2. The lowest BCUT2D eigenvalue weighted by molar-refractivity contribution is 1.80. The van der Waals surface area contributed by atoms with Crippen LogP contribution >= 0.6 is 24.8 Å². The molecule has 3 heteroatoms. The number of allylic oxidation sites excluding steroid dienone is 2. The molecule has 0 fully saturated rings. The Labute approximate surface area is 70.6 Å². The van der Waals surface area contributed by atoms with Gasteiger partial charge in [0.2, 0.25) is 0 Å². The van der Waals surface area contributed by atoms with Gasteiger partial charge < -0.3 is 6.15 Å². The molecular formula is C6H17Cl2N.